The molecule has 0 saturated heterocycles. The zero-order chi connectivity index (χ0) is 17.3. The Kier molecular flexibility index (Phi) is 4.12. The van der Waals surface area contributed by atoms with Crippen LogP contribution in [0.25, 0.3) is 0 Å². The average molecular weight is 323 g/mol. The molecule has 1 aromatic heterocycles. The number of ketones is 2. The third kappa shape index (κ3) is 2.90. The fraction of sp³-hybridized carbons (Fsp3) is 0.222. The third-order valence-corrected chi connectivity index (χ3v) is 4.10. The predicted octanol–water partition coefficient (Wildman–Crippen LogP) is 1.91. The van der Waals surface area contributed by atoms with Crippen LogP contribution >= 0.6 is 0 Å². The molecule has 0 unspecified atom stereocenters. The molecule has 6 nitrogen and oxygen atoms in total. The maximum Gasteiger partial charge on any atom is 0.241 e. The molecular weight excluding hydrogens is 306 g/mol. The zero-order valence-electron chi connectivity index (χ0n) is 13.5. The average Bonchev–Trinajstić information content (AvgIpc) is 3.01. The number of nitrogens with one attached hydrogen (secondary N) is 1. The second kappa shape index (κ2) is 6.23. The van der Waals surface area contributed by atoms with Gasteiger partial charge >= 0.3 is 0 Å². The third-order valence-electron chi connectivity index (χ3n) is 4.10. The summed E-state index contributed by atoms with van der Waals surface area (Å²) in [5.41, 5.74) is 2.22. The van der Waals surface area contributed by atoms with Crippen molar-refractivity contribution < 1.29 is 14.4 Å². The molecule has 1 amide bonds. The van der Waals surface area contributed by atoms with E-state index in [1.54, 1.807) is 13.8 Å². The molecule has 2 aromatic rings. The first-order chi connectivity index (χ1) is 11.5. The van der Waals surface area contributed by atoms with E-state index >= 15 is 0 Å². The summed E-state index contributed by atoms with van der Waals surface area (Å²) >= 11 is 0. The smallest absolute Gasteiger partial charge is 0.241 e. The lowest BCUT2D eigenvalue weighted by atomic mass is 9.90. The van der Waals surface area contributed by atoms with E-state index in [1.165, 1.54) is 10.9 Å². The molecule has 24 heavy (non-hydrogen) atoms. The number of nitrogens with zero attached hydrogens (tertiary/aromatic N) is 2. The van der Waals surface area contributed by atoms with Gasteiger partial charge in [-0.15, -0.1) is 0 Å². The zero-order valence-corrected chi connectivity index (χ0v) is 13.5. The molecule has 1 N–H and O–H groups in total. The van der Waals surface area contributed by atoms with Gasteiger partial charge in [-0.3, -0.25) is 19.1 Å². The molecule has 0 fully saturated rings. The van der Waals surface area contributed by atoms with Crippen molar-refractivity contribution in [2.75, 3.05) is 0 Å². The van der Waals surface area contributed by atoms with Gasteiger partial charge < -0.3 is 5.32 Å². The van der Waals surface area contributed by atoms with Gasteiger partial charge in [-0.25, -0.2) is 0 Å². The molecule has 1 aliphatic carbocycles. The Hall–Kier alpha value is -3.02. The first-order valence-corrected chi connectivity index (χ1v) is 7.62. The van der Waals surface area contributed by atoms with Crippen LogP contribution in [0.15, 0.2) is 47.7 Å². The summed E-state index contributed by atoms with van der Waals surface area (Å²) in [6.45, 7) is 3.61. The molecule has 0 aliphatic heterocycles. The molecule has 0 spiro atoms. The quantitative estimate of drug-likeness (QED) is 0.932. The highest BCUT2D eigenvalue weighted by molar-refractivity contribution is 6.25. The van der Waals surface area contributed by atoms with E-state index in [0.29, 0.717) is 17.7 Å². The Morgan fingerprint density at radius 3 is 2.46 bits per heavy atom. The summed E-state index contributed by atoms with van der Waals surface area (Å²) in [5, 5.41) is 6.90. The summed E-state index contributed by atoms with van der Waals surface area (Å²) in [4.78, 5) is 36.5. The second-order valence-electron chi connectivity index (χ2n) is 5.76. The van der Waals surface area contributed by atoms with E-state index in [4.69, 9.17) is 0 Å². The minimum atomic E-state index is -0.259. The number of allylic oxidation sites excluding steroid dienone is 2. The van der Waals surface area contributed by atoms with Crippen molar-refractivity contribution >= 4 is 17.5 Å². The lowest BCUT2D eigenvalue weighted by Gasteiger charge is -2.10. The number of hydrogen-bond acceptors (Lipinski definition) is 4. The lowest BCUT2D eigenvalue weighted by molar-refractivity contribution is -0.122. The van der Waals surface area contributed by atoms with Crippen LogP contribution in [0.3, 0.4) is 0 Å². The fourth-order valence-electron chi connectivity index (χ4n) is 2.56. The van der Waals surface area contributed by atoms with Crippen molar-refractivity contribution in [3.8, 4) is 0 Å². The number of carbonyl (C=O) groups excluding carboxylic acids is 3. The molecule has 0 atom stereocenters. The minimum Gasteiger partial charge on any atom is -0.350 e. The largest absolute Gasteiger partial charge is 0.350 e. The number of fused-ring (bicyclic) bond motifs is 1. The maximum atomic E-state index is 12.2. The molecule has 0 bridgehead atoms. The van der Waals surface area contributed by atoms with Crippen LogP contribution in [-0.4, -0.2) is 27.3 Å². The van der Waals surface area contributed by atoms with Crippen molar-refractivity contribution in [2.24, 2.45) is 0 Å². The summed E-state index contributed by atoms with van der Waals surface area (Å²) in [7, 11) is 0. The van der Waals surface area contributed by atoms with Crippen LogP contribution in [0, 0.1) is 0 Å². The normalized spacial score (nSPS) is 13.9. The van der Waals surface area contributed by atoms with Gasteiger partial charge in [0, 0.05) is 23.9 Å². The van der Waals surface area contributed by atoms with E-state index < -0.39 is 0 Å². The highest BCUT2D eigenvalue weighted by Gasteiger charge is 2.31. The summed E-state index contributed by atoms with van der Waals surface area (Å²) in [6, 6.07) is 9.55. The Morgan fingerprint density at radius 2 is 1.75 bits per heavy atom. The van der Waals surface area contributed by atoms with Crippen molar-refractivity contribution in [1.29, 1.82) is 0 Å². The minimum absolute atomic E-state index is 0.0432. The summed E-state index contributed by atoms with van der Waals surface area (Å²) in [6.07, 6.45) is 1.47. The first-order valence-electron chi connectivity index (χ1n) is 7.62. The molecule has 1 aromatic carbocycles. The maximum absolute atomic E-state index is 12.2. The number of carbonyl (C=O) groups is 3. The van der Waals surface area contributed by atoms with Crippen molar-refractivity contribution in [3.63, 3.8) is 0 Å². The van der Waals surface area contributed by atoms with Crippen molar-refractivity contribution in [3.05, 3.63) is 64.5 Å². The fourth-order valence-corrected chi connectivity index (χ4v) is 2.56. The van der Waals surface area contributed by atoms with E-state index in [1.807, 2.05) is 30.3 Å². The van der Waals surface area contributed by atoms with Gasteiger partial charge in [-0.05, 0) is 19.4 Å². The summed E-state index contributed by atoms with van der Waals surface area (Å²) in [5.74, 6) is -0.705. The van der Waals surface area contributed by atoms with E-state index in [9.17, 15) is 14.4 Å². The highest BCUT2D eigenvalue weighted by atomic mass is 16.2. The van der Waals surface area contributed by atoms with Gasteiger partial charge in [0.2, 0.25) is 11.7 Å². The molecule has 6 heteroatoms. The van der Waals surface area contributed by atoms with Gasteiger partial charge in [0.25, 0.3) is 0 Å². The van der Waals surface area contributed by atoms with Crippen LogP contribution < -0.4 is 5.32 Å². The van der Waals surface area contributed by atoms with E-state index in [-0.39, 0.29) is 35.3 Å². The number of benzene rings is 1. The topological polar surface area (TPSA) is 81.1 Å². The Balaban J connectivity index is 1.70. The molecule has 1 heterocycles. The van der Waals surface area contributed by atoms with Crippen LogP contribution in [0.4, 0.5) is 0 Å². The van der Waals surface area contributed by atoms with Gasteiger partial charge in [0.15, 0.2) is 5.78 Å². The molecule has 0 radical (unpaired) electrons. The van der Waals surface area contributed by atoms with Gasteiger partial charge in [0.05, 0.1) is 5.56 Å². The number of hydrogen-bond donors (Lipinski definition) is 1. The summed E-state index contributed by atoms with van der Waals surface area (Å²) < 4.78 is 1.34. The van der Waals surface area contributed by atoms with Crippen molar-refractivity contribution in [2.45, 2.75) is 26.9 Å². The van der Waals surface area contributed by atoms with E-state index in [0.717, 1.165) is 5.56 Å². The lowest BCUT2D eigenvalue weighted by Crippen LogP contribution is -2.27. The van der Waals surface area contributed by atoms with Crippen molar-refractivity contribution in [1.82, 2.24) is 15.1 Å². The Morgan fingerprint density at radius 1 is 1.08 bits per heavy atom. The highest BCUT2D eigenvalue weighted by Crippen LogP contribution is 2.24. The second-order valence-corrected chi connectivity index (χ2v) is 5.76. The number of aromatic nitrogens is 2. The van der Waals surface area contributed by atoms with Crippen LogP contribution in [0.5, 0.6) is 0 Å². The van der Waals surface area contributed by atoms with Crippen LogP contribution in [0.1, 0.15) is 40.3 Å². The number of amides is 1. The molecule has 1 aliphatic rings. The standard InChI is InChI=1S/C18H17N3O3/c1-11-12(2)18(24)16-14(17(11)23)9-21(20-16)10-15(22)19-8-13-6-4-3-5-7-13/h3-7,9H,8,10H2,1-2H3,(H,19,22). The van der Waals surface area contributed by atoms with Gasteiger partial charge in [-0.1, -0.05) is 30.3 Å². The molecule has 3 rings (SSSR count). The Bertz CT molecular complexity index is 821. The number of Topliss-reactive ketones (excluding diaryl/α,β-unsaturated/α-hetero) is 2. The SMILES string of the molecule is CC1=C(C)C(=O)c2nn(CC(=O)NCc3ccccc3)cc2C1=O. The number of rotatable bonds is 4. The molecule has 122 valence electrons. The van der Waals surface area contributed by atoms with Gasteiger partial charge in [-0.2, -0.15) is 5.10 Å². The molecule has 0 saturated carbocycles. The Labute approximate surface area is 139 Å². The molecular formula is C18H17N3O3. The monoisotopic (exact) mass is 323 g/mol. The van der Waals surface area contributed by atoms with Crippen LogP contribution in [0.2, 0.25) is 0 Å². The predicted molar refractivity (Wildman–Crippen MR) is 87.6 cm³/mol. The van der Waals surface area contributed by atoms with Gasteiger partial charge in [0.1, 0.15) is 12.2 Å². The van der Waals surface area contributed by atoms with E-state index in [2.05, 4.69) is 10.4 Å². The first kappa shape index (κ1) is 15.9. The van der Waals surface area contributed by atoms with Crippen LogP contribution in [-0.2, 0) is 17.9 Å².